The molecular weight excluding hydrogens is 655 g/mol. The number of hydrogen-bond donors (Lipinski definition) is 4. The number of anilines is 2. The smallest absolute Gasteiger partial charge is 0.335 e. The van der Waals surface area contributed by atoms with Crippen molar-refractivity contribution in [1.82, 2.24) is 5.32 Å². The summed E-state index contributed by atoms with van der Waals surface area (Å²) >= 11 is 1.29. The van der Waals surface area contributed by atoms with Gasteiger partial charge in [-0.3, -0.25) is 14.4 Å². The second-order valence-electron chi connectivity index (χ2n) is 10.7. The number of aromatic carboxylic acids is 1. The van der Waals surface area contributed by atoms with Crippen LogP contribution in [0.2, 0.25) is 0 Å². The molecule has 0 fully saturated rings. The SMILES string of the molecule is COc1ccc(OC)c(/C=C(\NC(=O)c2ccccc2)C(=O)Nc2ccc(SC(C(=O)Nc3cccc(C(=O)O)c3)c3ccccc3)cc2)c1. The van der Waals surface area contributed by atoms with E-state index in [4.69, 9.17) is 9.47 Å². The molecule has 4 N–H and O–H groups in total. The standard InChI is InChI=1S/C39H33N3O7S/c1-48-31-18-21-34(49-2)28(23-31)24-33(42-36(43)26-12-7-4-8-13-26)37(44)40-29-16-19-32(20-17-29)50-35(25-10-5-3-6-11-25)38(45)41-30-15-9-14-27(22-30)39(46)47/h3-24,35H,1-2H3,(H,40,44)(H,41,45)(H,42,43)(H,46,47)/b33-24-. The number of carbonyl (C=O) groups is 4. The highest BCUT2D eigenvalue weighted by atomic mass is 32.2. The monoisotopic (exact) mass is 687 g/mol. The van der Waals surface area contributed by atoms with Crippen molar-refractivity contribution in [2.24, 2.45) is 0 Å². The lowest BCUT2D eigenvalue weighted by Crippen LogP contribution is -2.30. The first-order chi connectivity index (χ1) is 24.2. The summed E-state index contributed by atoms with van der Waals surface area (Å²) < 4.78 is 10.8. The molecule has 0 aromatic heterocycles. The fourth-order valence-corrected chi connectivity index (χ4v) is 5.86. The molecule has 0 aliphatic heterocycles. The Morgan fingerprint density at radius 1 is 0.700 bits per heavy atom. The van der Waals surface area contributed by atoms with Crippen LogP contribution in [0.4, 0.5) is 11.4 Å². The van der Waals surface area contributed by atoms with Crippen LogP contribution in [0.25, 0.3) is 6.08 Å². The van der Waals surface area contributed by atoms with Crippen molar-refractivity contribution >= 4 is 52.9 Å². The topological polar surface area (TPSA) is 143 Å². The third-order valence-corrected chi connectivity index (χ3v) is 8.62. The van der Waals surface area contributed by atoms with Gasteiger partial charge in [0.15, 0.2) is 0 Å². The fourth-order valence-electron chi connectivity index (χ4n) is 4.84. The number of thioether (sulfide) groups is 1. The molecule has 11 heteroatoms. The largest absolute Gasteiger partial charge is 0.497 e. The van der Waals surface area contributed by atoms with Crippen LogP contribution in [0.5, 0.6) is 11.5 Å². The Morgan fingerprint density at radius 3 is 2.04 bits per heavy atom. The molecular formula is C39H33N3O7S. The second kappa shape index (κ2) is 16.7. The van der Waals surface area contributed by atoms with Gasteiger partial charge < -0.3 is 30.5 Å². The minimum atomic E-state index is -1.09. The van der Waals surface area contributed by atoms with E-state index in [2.05, 4.69) is 16.0 Å². The van der Waals surface area contributed by atoms with Gasteiger partial charge in [0, 0.05) is 27.4 Å². The predicted octanol–water partition coefficient (Wildman–Crippen LogP) is 7.28. The number of carbonyl (C=O) groups excluding carboxylic acids is 3. The summed E-state index contributed by atoms with van der Waals surface area (Å²) in [5, 5.41) is 17.1. The van der Waals surface area contributed by atoms with Crippen LogP contribution in [0.15, 0.2) is 138 Å². The number of ether oxygens (including phenoxy) is 2. The Morgan fingerprint density at radius 2 is 1.38 bits per heavy atom. The molecule has 5 aromatic carbocycles. The van der Waals surface area contributed by atoms with Crippen LogP contribution in [0.3, 0.4) is 0 Å². The van der Waals surface area contributed by atoms with Gasteiger partial charge in [-0.15, -0.1) is 11.8 Å². The summed E-state index contributed by atoms with van der Waals surface area (Å²) in [6, 6.07) is 35.8. The summed E-state index contributed by atoms with van der Waals surface area (Å²) in [5.74, 6) is -1.47. The molecule has 0 heterocycles. The van der Waals surface area contributed by atoms with Crippen molar-refractivity contribution in [2.45, 2.75) is 10.1 Å². The van der Waals surface area contributed by atoms with E-state index in [0.717, 1.165) is 10.5 Å². The van der Waals surface area contributed by atoms with Crippen LogP contribution in [-0.2, 0) is 9.59 Å². The number of carboxylic acid groups (broad SMARTS) is 1. The van der Waals surface area contributed by atoms with Gasteiger partial charge in [0.25, 0.3) is 11.8 Å². The average molecular weight is 688 g/mol. The van der Waals surface area contributed by atoms with Gasteiger partial charge in [0.1, 0.15) is 22.4 Å². The van der Waals surface area contributed by atoms with E-state index in [1.807, 2.05) is 30.3 Å². The van der Waals surface area contributed by atoms with Gasteiger partial charge in [-0.2, -0.15) is 0 Å². The van der Waals surface area contributed by atoms with E-state index in [0.29, 0.717) is 34.0 Å². The summed E-state index contributed by atoms with van der Waals surface area (Å²) in [5.41, 5.74) is 2.47. The molecule has 3 amide bonds. The Balaban J connectivity index is 1.36. The summed E-state index contributed by atoms with van der Waals surface area (Å²) in [6.07, 6.45) is 1.51. The molecule has 0 aliphatic carbocycles. The summed E-state index contributed by atoms with van der Waals surface area (Å²) in [4.78, 5) is 52.5. The zero-order chi connectivity index (χ0) is 35.5. The molecule has 5 rings (SSSR count). The molecule has 0 spiro atoms. The van der Waals surface area contributed by atoms with Crippen molar-refractivity contribution in [2.75, 3.05) is 24.9 Å². The van der Waals surface area contributed by atoms with Crippen LogP contribution >= 0.6 is 11.8 Å². The Bertz CT molecular complexity index is 2020. The van der Waals surface area contributed by atoms with Crippen molar-refractivity contribution in [3.63, 3.8) is 0 Å². The van der Waals surface area contributed by atoms with Gasteiger partial charge in [0.2, 0.25) is 5.91 Å². The maximum atomic E-state index is 13.7. The molecule has 0 saturated heterocycles. The third kappa shape index (κ3) is 9.18. The van der Waals surface area contributed by atoms with E-state index >= 15 is 0 Å². The predicted molar refractivity (Wildman–Crippen MR) is 194 cm³/mol. The first kappa shape index (κ1) is 35.0. The van der Waals surface area contributed by atoms with Gasteiger partial charge in [-0.05, 0) is 84.4 Å². The minimum absolute atomic E-state index is 0.0309. The number of carboxylic acids is 1. The molecule has 252 valence electrons. The van der Waals surface area contributed by atoms with E-state index in [1.165, 1.54) is 44.2 Å². The zero-order valence-corrected chi connectivity index (χ0v) is 27.9. The number of amides is 3. The summed E-state index contributed by atoms with van der Waals surface area (Å²) in [6.45, 7) is 0. The van der Waals surface area contributed by atoms with Crippen LogP contribution in [0, 0.1) is 0 Å². The third-order valence-electron chi connectivity index (χ3n) is 7.35. The Hall–Kier alpha value is -6.33. The lowest BCUT2D eigenvalue weighted by Gasteiger charge is -2.18. The average Bonchev–Trinajstić information content (AvgIpc) is 3.14. The fraction of sp³-hybridized carbons (Fsp3) is 0.0769. The van der Waals surface area contributed by atoms with Crippen molar-refractivity contribution < 1.29 is 33.8 Å². The van der Waals surface area contributed by atoms with Crippen LogP contribution < -0.4 is 25.4 Å². The minimum Gasteiger partial charge on any atom is -0.497 e. The maximum absolute atomic E-state index is 13.7. The first-order valence-electron chi connectivity index (χ1n) is 15.3. The van der Waals surface area contributed by atoms with Crippen molar-refractivity contribution in [3.8, 4) is 11.5 Å². The normalized spacial score (nSPS) is 11.5. The number of benzene rings is 5. The van der Waals surface area contributed by atoms with E-state index in [-0.39, 0.29) is 17.2 Å². The molecule has 50 heavy (non-hydrogen) atoms. The molecule has 0 bridgehead atoms. The lowest BCUT2D eigenvalue weighted by molar-refractivity contribution is -0.116. The first-order valence-corrected chi connectivity index (χ1v) is 16.2. The molecule has 1 atom stereocenters. The molecule has 0 aliphatic rings. The van der Waals surface area contributed by atoms with Gasteiger partial charge >= 0.3 is 5.97 Å². The van der Waals surface area contributed by atoms with Gasteiger partial charge in [0.05, 0.1) is 19.8 Å². The highest BCUT2D eigenvalue weighted by Crippen LogP contribution is 2.37. The number of hydrogen-bond acceptors (Lipinski definition) is 7. The number of nitrogens with one attached hydrogen (secondary N) is 3. The summed E-state index contributed by atoms with van der Waals surface area (Å²) in [7, 11) is 3.03. The number of methoxy groups -OCH3 is 2. The second-order valence-corrected chi connectivity index (χ2v) is 11.9. The quantitative estimate of drug-likeness (QED) is 0.0747. The van der Waals surface area contributed by atoms with Crippen molar-refractivity contribution in [3.05, 3.63) is 155 Å². The van der Waals surface area contributed by atoms with E-state index in [1.54, 1.807) is 84.9 Å². The van der Waals surface area contributed by atoms with E-state index in [9.17, 15) is 24.3 Å². The molecule has 0 saturated carbocycles. The molecule has 10 nitrogen and oxygen atoms in total. The van der Waals surface area contributed by atoms with Crippen molar-refractivity contribution in [1.29, 1.82) is 0 Å². The Kier molecular flexibility index (Phi) is 11.7. The molecule has 5 aromatic rings. The maximum Gasteiger partial charge on any atom is 0.335 e. The zero-order valence-electron chi connectivity index (χ0n) is 27.1. The molecule has 0 radical (unpaired) electrons. The van der Waals surface area contributed by atoms with Crippen LogP contribution in [0.1, 0.15) is 37.1 Å². The van der Waals surface area contributed by atoms with Gasteiger partial charge in [-0.25, -0.2) is 4.79 Å². The van der Waals surface area contributed by atoms with Crippen LogP contribution in [-0.4, -0.2) is 43.0 Å². The highest BCUT2D eigenvalue weighted by molar-refractivity contribution is 8.00. The van der Waals surface area contributed by atoms with E-state index < -0.39 is 23.0 Å². The number of rotatable bonds is 13. The van der Waals surface area contributed by atoms with Gasteiger partial charge in [-0.1, -0.05) is 54.6 Å². The lowest BCUT2D eigenvalue weighted by atomic mass is 10.1. The molecule has 1 unspecified atom stereocenters. The highest BCUT2D eigenvalue weighted by Gasteiger charge is 2.23. The Labute approximate surface area is 293 Å².